The molecule has 0 saturated heterocycles. The quantitative estimate of drug-likeness (QED) is 0.453. The number of benzene rings is 2. The zero-order valence-electron chi connectivity index (χ0n) is 15.6. The van der Waals surface area contributed by atoms with E-state index in [2.05, 4.69) is 15.9 Å². The van der Waals surface area contributed by atoms with Crippen molar-refractivity contribution in [1.82, 2.24) is 0 Å². The van der Waals surface area contributed by atoms with Crippen LogP contribution in [0.4, 0.5) is 0 Å². The molecule has 0 unspecified atom stereocenters. The third-order valence-corrected chi connectivity index (χ3v) is 4.19. The van der Waals surface area contributed by atoms with Gasteiger partial charge in [-0.1, -0.05) is 0 Å². The molecule has 0 spiro atoms. The van der Waals surface area contributed by atoms with E-state index in [1.807, 2.05) is 13.8 Å². The predicted octanol–water partition coefficient (Wildman–Crippen LogP) is 4.29. The monoisotopic (exact) mass is 436 g/mol. The first kappa shape index (κ1) is 20.8. The number of Topliss-reactive ketones (excluding diaryl/α,β-unsaturated/α-hetero) is 1. The third-order valence-electron chi connectivity index (χ3n) is 3.57. The maximum Gasteiger partial charge on any atom is 0.338 e. The molecular weight excluding hydrogens is 416 g/mol. The minimum absolute atomic E-state index is 0.0295. The fourth-order valence-corrected chi connectivity index (χ4v) is 2.82. The molecule has 0 fully saturated rings. The van der Waals surface area contributed by atoms with E-state index in [1.165, 1.54) is 20.3 Å². The molecule has 144 valence electrons. The molecule has 0 aromatic heterocycles. The lowest BCUT2D eigenvalue weighted by Gasteiger charge is -2.14. The van der Waals surface area contributed by atoms with Crippen molar-refractivity contribution in [3.05, 3.63) is 52.0 Å². The van der Waals surface area contributed by atoms with Crippen LogP contribution in [0.25, 0.3) is 0 Å². The second kappa shape index (κ2) is 9.41. The number of carbonyl (C=O) groups excluding carboxylic acids is 2. The number of halogens is 1. The molecule has 0 heterocycles. The van der Waals surface area contributed by atoms with Crippen molar-refractivity contribution in [2.75, 3.05) is 20.8 Å². The molecule has 2 aromatic rings. The molecule has 6 nitrogen and oxygen atoms in total. The maximum absolute atomic E-state index is 12.2. The molecule has 27 heavy (non-hydrogen) atoms. The summed E-state index contributed by atoms with van der Waals surface area (Å²) in [7, 11) is 3.03. The summed E-state index contributed by atoms with van der Waals surface area (Å²) in [5.74, 6) is 0.620. The average molecular weight is 437 g/mol. The van der Waals surface area contributed by atoms with Crippen LogP contribution in [0.15, 0.2) is 40.9 Å². The van der Waals surface area contributed by atoms with Gasteiger partial charge in [0.25, 0.3) is 0 Å². The van der Waals surface area contributed by atoms with Crippen LogP contribution < -0.4 is 14.2 Å². The minimum Gasteiger partial charge on any atom is -0.496 e. The number of methoxy groups -OCH3 is 2. The van der Waals surface area contributed by atoms with Gasteiger partial charge in [-0.15, -0.1) is 0 Å². The number of esters is 1. The number of hydrogen-bond acceptors (Lipinski definition) is 6. The fraction of sp³-hybridized carbons (Fsp3) is 0.300. The maximum atomic E-state index is 12.2. The first-order valence-corrected chi connectivity index (χ1v) is 9.03. The van der Waals surface area contributed by atoms with Crippen LogP contribution in [-0.2, 0) is 4.74 Å². The summed E-state index contributed by atoms with van der Waals surface area (Å²) in [5.41, 5.74) is 0.681. The average Bonchev–Trinajstić information content (AvgIpc) is 2.65. The second-order valence-electron chi connectivity index (χ2n) is 5.88. The Bertz CT molecular complexity index is 831. The number of ether oxygens (including phenoxy) is 4. The molecule has 0 aliphatic carbocycles. The van der Waals surface area contributed by atoms with Crippen LogP contribution in [0.2, 0.25) is 0 Å². The Labute approximate surface area is 166 Å². The molecule has 0 atom stereocenters. The van der Waals surface area contributed by atoms with E-state index >= 15 is 0 Å². The first-order chi connectivity index (χ1) is 12.8. The van der Waals surface area contributed by atoms with Crippen LogP contribution in [-0.4, -0.2) is 38.7 Å². The van der Waals surface area contributed by atoms with Crippen LogP contribution in [0, 0.1) is 0 Å². The first-order valence-electron chi connectivity index (χ1n) is 8.24. The second-order valence-corrected chi connectivity index (χ2v) is 6.74. The molecule has 2 rings (SSSR count). The van der Waals surface area contributed by atoms with E-state index in [-0.39, 0.29) is 24.1 Å². The Balaban J connectivity index is 2.04. The van der Waals surface area contributed by atoms with Gasteiger partial charge in [-0.2, -0.15) is 0 Å². The zero-order chi connectivity index (χ0) is 20.0. The lowest BCUT2D eigenvalue weighted by molar-refractivity contribution is 0.0474. The van der Waals surface area contributed by atoms with Gasteiger partial charge in [-0.25, -0.2) is 4.79 Å². The normalized spacial score (nSPS) is 10.4. The number of rotatable bonds is 8. The lowest BCUT2D eigenvalue weighted by Crippen LogP contribution is -2.14. The van der Waals surface area contributed by atoms with Gasteiger partial charge in [-0.05, 0) is 66.2 Å². The molecule has 0 N–H and O–H groups in total. The summed E-state index contributed by atoms with van der Waals surface area (Å²) < 4.78 is 21.8. The highest BCUT2D eigenvalue weighted by atomic mass is 79.9. The summed E-state index contributed by atoms with van der Waals surface area (Å²) in [6.07, 6.45) is -0.0295. The van der Waals surface area contributed by atoms with Gasteiger partial charge >= 0.3 is 5.97 Å². The fourth-order valence-electron chi connectivity index (χ4n) is 2.28. The van der Waals surface area contributed by atoms with Crippen LogP contribution in [0.5, 0.6) is 17.2 Å². The summed E-state index contributed by atoms with van der Waals surface area (Å²) in [6, 6.07) is 9.62. The highest BCUT2D eigenvalue weighted by molar-refractivity contribution is 9.10. The van der Waals surface area contributed by atoms with E-state index in [9.17, 15) is 9.59 Å². The molecule has 2 aromatic carbocycles. The van der Waals surface area contributed by atoms with E-state index in [0.29, 0.717) is 27.3 Å². The van der Waals surface area contributed by atoms with Crippen molar-refractivity contribution >= 4 is 27.7 Å². The Morgan fingerprint density at radius 1 is 0.926 bits per heavy atom. The van der Waals surface area contributed by atoms with Crippen molar-refractivity contribution in [3.63, 3.8) is 0 Å². The summed E-state index contributed by atoms with van der Waals surface area (Å²) in [4.78, 5) is 24.5. The van der Waals surface area contributed by atoms with E-state index in [1.54, 1.807) is 30.3 Å². The van der Waals surface area contributed by atoms with Gasteiger partial charge in [-0.3, -0.25) is 4.79 Å². The molecule has 0 aliphatic rings. The van der Waals surface area contributed by atoms with Gasteiger partial charge in [0.05, 0.1) is 30.4 Å². The molecule has 0 radical (unpaired) electrons. The van der Waals surface area contributed by atoms with E-state index in [4.69, 9.17) is 18.9 Å². The Hall–Kier alpha value is -2.54. The van der Waals surface area contributed by atoms with Gasteiger partial charge in [0.15, 0.2) is 23.9 Å². The number of hydrogen-bond donors (Lipinski definition) is 0. The van der Waals surface area contributed by atoms with Crippen LogP contribution in [0.3, 0.4) is 0 Å². The molecule has 0 amide bonds. The highest BCUT2D eigenvalue weighted by Gasteiger charge is 2.16. The molecule has 0 saturated carbocycles. The Morgan fingerprint density at radius 2 is 1.56 bits per heavy atom. The Kier molecular flexibility index (Phi) is 7.24. The highest BCUT2D eigenvalue weighted by Crippen LogP contribution is 2.29. The van der Waals surface area contributed by atoms with E-state index in [0.717, 1.165) is 0 Å². The molecule has 7 heteroatoms. The van der Waals surface area contributed by atoms with Crippen molar-refractivity contribution in [2.45, 2.75) is 20.0 Å². The van der Waals surface area contributed by atoms with E-state index < -0.39 is 5.97 Å². The summed E-state index contributed by atoms with van der Waals surface area (Å²) >= 11 is 3.32. The topological polar surface area (TPSA) is 71.1 Å². The van der Waals surface area contributed by atoms with Gasteiger partial charge in [0, 0.05) is 5.56 Å². The third kappa shape index (κ3) is 5.47. The van der Waals surface area contributed by atoms with Crippen molar-refractivity contribution in [3.8, 4) is 17.2 Å². The van der Waals surface area contributed by atoms with Crippen molar-refractivity contribution in [1.29, 1.82) is 0 Å². The molecular formula is C20H21BrO6. The van der Waals surface area contributed by atoms with Crippen molar-refractivity contribution < 1.29 is 28.5 Å². The minimum atomic E-state index is -0.620. The SMILES string of the molecule is COc1ccc(C(=O)COC(=O)c2ccc(OC(C)C)c(OC)c2)cc1Br. The predicted molar refractivity (Wildman–Crippen MR) is 104 cm³/mol. The summed E-state index contributed by atoms with van der Waals surface area (Å²) in [5, 5.41) is 0. The van der Waals surface area contributed by atoms with Gasteiger partial charge < -0.3 is 18.9 Å². The Morgan fingerprint density at radius 3 is 2.15 bits per heavy atom. The molecule has 0 aliphatic heterocycles. The van der Waals surface area contributed by atoms with Gasteiger partial charge in [0.1, 0.15) is 5.75 Å². The standard InChI is InChI=1S/C20H21BrO6/c1-12(2)27-18-8-6-14(10-19(18)25-4)20(23)26-11-16(22)13-5-7-17(24-3)15(21)9-13/h5-10,12H,11H2,1-4H3. The number of ketones is 1. The van der Waals surface area contributed by atoms with Crippen LogP contribution >= 0.6 is 15.9 Å². The van der Waals surface area contributed by atoms with Crippen LogP contribution in [0.1, 0.15) is 34.6 Å². The summed E-state index contributed by atoms with van der Waals surface area (Å²) in [6.45, 7) is 3.42. The van der Waals surface area contributed by atoms with Gasteiger partial charge in [0.2, 0.25) is 0 Å². The zero-order valence-corrected chi connectivity index (χ0v) is 17.2. The lowest BCUT2D eigenvalue weighted by atomic mass is 10.1. The van der Waals surface area contributed by atoms with Crippen molar-refractivity contribution in [2.24, 2.45) is 0 Å². The number of carbonyl (C=O) groups is 2. The molecule has 0 bridgehead atoms. The smallest absolute Gasteiger partial charge is 0.338 e. The largest absolute Gasteiger partial charge is 0.496 e.